The first kappa shape index (κ1) is 23.5. The average molecular weight is 505 g/mol. The number of fused-ring (bicyclic) bond motifs is 1. The maximum Gasteiger partial charge on any atom is 0.238 e. The van der Waals surface area contributed by atoms with Crippen molar-refractivity contribution >= 4 is 26.7 Å². The Morgan fingerprint density at radius 3 is 2.47 bits per heavy atom. The van der Waals surface area contributed by atoms with Crippen LogP contribution in [0.5, 0.6) is 11.6 Å². The van der Waals surface area contributed by atoms with Crippen LogP contribution in [0.3, 0.4) is 0 Å². The second kappa shape index (κ2) is 9.08. The monoisotopic (exact) mass is 504 g/mol. The summed E-state index contributed by atoms with van der Waals surface area (Å²) >= 11 is 0. The predicted octanol–water partition coefficient (Wildman–Crippen LogP) is 4.77. The molecule has 0 unspecified atom stereocenters. The van der Waals surface area contributed by atoms with Gasteiger partial charge < -0.3 is 9.26 Å². The second-order valence-corrected chi connectivity index (χ2v) is 10.2. The van der Waals surface area contributed by atoms with E-state index in [0.29, 0.717) is 45.6 Å². The number of benzene rings is 2. The molecule has 0 radical (unpaired) electrons. The molecule has 0 saturated carbocycles. The fourth-order valence-corrected chi connectivity index (χ4v) is 4.91. The van der Waals surface area contributed by atoms with Gasteiger partial charge in [0.15, 0.2) is 11.4 Å². The van der Waals surface area contributed by atoms with Crippen LogP contribution in [0.15, 0.2) is 59.1 Å². The summed E-state index contributed by atoms with van der Waals surface area (Å²) in [6, 6.07) is 15.4. The molecule has 5 rings (SSSR count). The lowest BCUT2D eigenvalue weighted by molar-refractivity contribution is 0.448. The van der Waals surface area contributed by atoms with Gasteiger partial charge in [-0.15, -0.1) is 0 Å². The van der Waals surface area contributed by atoms with Gasteiger partial charge in [0.2, 0.25) is 15.9 Å². The summed E-state index contributed by atoms with van der Waals surface area (Å²) in [6.45, 7) is 7.74. The van der Waals surface area contributed by atoms with Crippen molar-refractivity contribution in [1.29, 1.82) is 0 Å². The topological polar surface area (TPSA) is 125 Å². The molecule has 1 N–H and O–H groups in total. The van der Waals surface area contributed by atoms with Gasteiger partial charge in [-0.05, 0) is 69.7 Å². The number of sulfonamides is 1. The number of aryl methyl sites for hydroxylation is 2. The Morgan fingerprint density at radius 1 is 1.00 bits per heavy atom. The van der Waals surface area contributed by atoms with Gasteiger partial charge in [-0.2, -0.15) is 10.1 Å². The fourth-order valence-electron chi connectivity index (χ4n) is 3.78. The molecule has 0 spiro atoms. The lowest BCUT2D eigenvalue weighted by Crippen LogP contribution is -2.15. The van der Waals surface area contributed by atoms with E-state index >= 15 is 0 Å². The Bertz CT molecular complexity index is 1670. The van der Waals surface area contributed by atoms with Crippen molar-refractivity contribution in [3.63, 3.8) is 0 Å². The predicted molar refractivity (Wildman–Crippen MR) is 135 cm³/mol. The Balaban J connectivity index is 1.31. The largest absolute Gasteiger partial charge is 0.439 e. The van der Waals surface area contributed by atoms with Crippen molar-refractivity contribution in [2.24, 2.45) is 0 Å². The number of para-hydroxylation sites is 1. The number of anilines is 1. The van der Waals surface area contributed by atoms with E-state index < -0.39 is 10.0 Å². The molecule has 5 aromatic rings. The number of hydrogen-bond acceptors (Lipinski definition) is 8. The summed E-state index contributed by atoms with van der Waals surface area (Å²) in [4.78, 5) is 8.85. The smallest absolute Gasteiger partial charge is 0.238 e. The van der Waals surface area contributed by atoms with Crippen molar-refractivity contribution in [3.05, 3.63) is 83.1 Å². The summed E-state index contributed by atoms with van der Waals surface area (Å²) in [5, 5.41) is 9.12. The number of nitrogens with one attached hydrogen (secondary N) is 1. The molecule has 2 aromatic carbocycles. The highest BCUT2D eigenvalue weighted by atomic mass is 32.2. The molecule has 0 aliphatic rings. The van der Waals surface area contributed by atoms with Gasteiger partial charge in [-0.1, -0.05) is 17.3 Å². The number of ether oxygens (including phenoxy) is 1. The summed E-state index contributed by atoms with van der Waals surface area (Å²) in [7, 11) is -3.71. The Labute approximate surface area is 208 Å². The Hall–Kier alpha value is -4.25. The Kier molecular flexibility index (Phi) is 5.92. The molecule has 36 heavy (non-hydrogen) atoms. The van der Waals surface area contributed by atoms with E-state index in [1.165, 1.54) is 0 Å². The van der Waals surface area contributed by atoms with Crippen LogP contribution in [0.25, 0.3) is 16.8 Å². The molecule has 3 aromatic heterocycles. The van der Waals surface area contributed by atoms with Crippen molar-refractivity contribution in [2.45, 2.75) is 33.4 Å². The molecule has 0 aliphatic carbocycles. The standard InChI is InChI=1S/C25H24N6O4S/c1-15-16(2)28-31(17(15)3)24-13-25(27-18(4)26-24)34-20-11-9-19(10-12-20)30-36(32,33)14-22-21-7-5-6-8-23(21)35-29-22/h5-13,30H,14H2,1-4H3. The Morgan fingerprint density at radius 2 is 1.75 bits per heavy atom. The minimum atomic E-state index is -3.71. The van der Waals surface area contributed by atoms with Crippen molar-refractivity contribution in [1.82, 2.24) is 24.9 Å². The third kappa shape index (κ3) is 4.78. The van der Waals surface area contributed by atoms with Gasteiger partial charge in [0.1, 0.15) is 23.0 Å². The molecule has 0 atom stereocenters. The highest BCUT2D eigenvalue weighted by Gasteiger charge is 2.18. The van der Waals surface area contributed by atoms with Gasteiger partial charge in [0.05, 0.1) is 5.69 Å². The molecule has 0 bridgehead atoms. The lowest BCUT2D eigenvalue weighted by atomic mass is 10.2. The molecular weight excluding hydrogens is 480 g/mol. The molecule has 0 amide bonds. The molecule has 0 fully saturated rings. The molecule has 0 aliphatic heterocycles. The van der Waals surface area contributed by atoms with Crippen LogP contribution in [0.4, 0.5) is 5.69 Å². The second-order valence-electron chi connectivity index (χ2n) is 8.43. The van der Waals surface area contributed by atoms with Crippen molar-refractivity contribution in [3.8, 4) is 17.4 Å². The third-order valence-electron chi connectivity index (χ3n) is 5.80. The molecule has 3 heterocycles. The normalized spacial score (nSPS) is 11.7. The summed E-state index contributed by atoms with van der Waals surface area (Å²) < 4.78 is 40.9. The average Bonchev–Trinajstić information content (AvgIpc) is 3.35. The van der Waals surface area contributed by atoms with Crippen LogP contribution < -0.4 is 9.46 Å². The zero-order valence-electron chi connectivity index (χ0n) is 20.2. The van der Waals surface area contributed by atoms with E-state index in [4.69, 9.17) is 9.26 Å². The number of aromatic nitrogens is 5. The number of rotatable bonds is 7. The van der Waals surface area contributed by atoms with E-state index in [9.17, 15) is 8.42 Å². The highest BCUT2D eigenvalue weighted by molar-refractivity contribution is 7.91. The van der Waals surface area contributed by atoms with E-state index in [1.807, 2.05) is 26.8 Å². The van der Waals surface area contributed by atoms with Crippen LogP contribution in [0, 0.1) is 27.7 Å². The molecular formula is C25H24N6O4S. The first-order chi connectivity index (χ1) is 17.2. The number of nitrogens with zero attached hydrogens (tertiary/aromatic N) is 5. The molecule has 11 heteroatoms. The zero-order valence-corrected chi connectivity index (χ0v) is 21.0. The quantitative estimate of drug-likeness (QED) is 0.336. The van der Waals surface area contributed by atoms with Gasteiger partial charge in [-0.3, -0.25) is 4.72 Å². The van der Waals surface area contributed by atoms with Gasteiger partial charge in [0, 0.05) is 22.8 Å². The molecule has 0 saturated heterocycles. The SMILES string of the molecule is Cc1nc(Oc2ccc(NS(=O)(=O)Cc3noc4ccccc34)cc2)cc(-n2nc(C)c(C)c2C)n1. The van der Waals surface area contributed by atoms with Gasteiger partial charge in [-0.25, -0.2) is 18.1 Å². The van der Waals surface area contributed by atoms with Crippen LogP contribution in [0.2, 0.25) is 0 Å². The van der Waals surface area contributed by atoms with Crippen molar-refractivity contribution < 1.29 is 17.7 Å². The highest BCUT2D eigenvalue weighted by Crippen LogP contribution is 2.25. The minimum absolute atomic E-state index is 0.308. The zero-order chi connectivity index (χ0) is 25.4. The van der Waals surface area contributed by atoms with Crippen LogP contribution in [-0.2, 0) is 15.8 Å². The fraction of sp³-hybridized carbons (Fsp3) is 0.200. The maximum absolute atomic E-state index is 12.7. The lowest BCUT2D eigenvalue weighted by Gasteiger charge is -2.10. The van der Waals surface area contributed by atoms with Crippen LogP contribution in [-0.4, -0.2) is 33.3 Å². The van der Waals surface area contributed by atoms with E-state index in [1.54, 1.807) is 60.1 Å². The van der Waals surface area contributed by atoms with E-state index in [0.717, 1.165) is 17.0 Å². The van der Waals surface area contributed by atoms with Crippen LogP contribution >= 0.6 is 0 Å². The molecule has 184 valence electrons. The van der Waals surface area contributed by atoms with Gasteiger partial charge >= 0.3 is 0 Å². The first-order valence-corrected chi connectivity index (χ1v) is 12.8. The van der Waals surface area contributed by atoms with Gasteiger partial charge in [0.25, 0.3) is 0 Å². The van der Waals surface area contributed by atoms with E-state index in [-0.39, 0.29) is 5.75 Å². The minimum Gasteiger partial charge on any atom is -0.439 e. The third-order valence-corrected chi connectivity index (χ3v) is 7.00. The maximum atomic E-state index is 12.7. The number of hydrogen-bond donors (Lipinski definition) is 1. The summed E-state index contributed by atoms with van der Waals surface area (Å²) in [6.07, 6.45) is 0. The van der Waals surface area contributed by atoms with Crippen molar-refractivity contribution in [2.75, 3.05) is 4.72 Å². The van der Waals surface area contributed by atoms with E-state index in [2.05, 4.69) is 24.9 Å². The first-order valence-electron chi connectivity index (χ1n) is 11.2. The summed E-state index contributed by atoms with van der Waals surface area (Å²) in [5.41, 5.74) is 4.32. The molecule has 10 nitrogen and oxygen atoms in total. The van der Waals surface area contributed by atoms with Crippen LogP contribution in [0.1, 0.15) is 28.5 Å². The summed E-state index contributed by atoms with van der Waals surface area (Å²) in [5.74, 6) is 1.69.